The van der Waals surface area contributed by atoms with E-state index in [0.29, 0.717) is 0 Å². The molecule has 56 heavy (non-hydrogen) atoms. The molecule has 0 unspecified atom stereocenters. The summed E-state index contributed by atoms with van der Waals surface area (Å²) in [4.78, 5) is 0. The number of hydrogen-bond donors (Lipinski definition) is 0. The molecule has 0 fully saturated rings. The molecule has 0 amide bonds. The second-order valence-electron chi connectivity index (χ2n) is 12.3. The molecule has 0 aliphatic heterocycles. The maximum Gasteiger partial charge on any atom is 0.361 e. The third-order valence-corrected chi connectivity index (χ3v) is 8.67. The van der Waals surface area contributed by atoms with E-state index < -0.39 is 7.40 Å². The van der Waals surface area contributed by atoms with Gasteiger partial charge in [0.1, 0.15) is 18.9 Å². The highest BCUT2D eigenvalue weighted by atomic mass is 19.1. The van der Waals surface area contributed by atoms with Crippen LogP contribution in [-0.4, -0.2) is 21.6 Å². The van der Waals surface area contributed by atoms with E-state index in [2.05, 4.69) is 97.1 Å². The van der Waals surface area contributed by atoms with Gasteiger partial charge in [0.2, 0.25) is 0 Å². The smallest absolute Gasteiger partial charge is 0.361 e. The summed E-state index contributed by atoms with van der Waals surface area (Å²) in [6, 6.07) is 65.3. The highest BCUT2D eigenvalue weighted by molar-refractivity contribution is 6.27. The topological polar surface area (TPSA) is 87.2 Å². The molecule has 0 radical (unpaired) electrons. The fourth-order valence-electron chi connectivity index (χ4n) is 5.88. The van der Waals surface area contributed by atoms with Crippen LogP contribution in [-0.2, 0) is 0 Å². The molecule has 0 aliphatic rings. The average molecular weight is 741 g/mol. The zero-order chi connectivity index (χ0) is 39.1. The first kappa shape index (κ1) is 38.8. The number of hydrogen-bond acceptors (Lipinski definition) is 4. The van der Waals surface area contributed by atoms with Crippen LogP contribution in [0.4, 0.5) is 4.32 Å². The van der Waals surface area contributed by atoms with Crippen LogP contribution in [0, 0.1) is 0 Å². The number of ether oxygens (including phenoxy) is 2. The summed E-state index contributed by atoms with van der Waals surface area (Å²) in [6.45, 7) is 0. The van der Waals surface area contributed by atoms with Crippen molar-refractivity contribution in [3.05, 3.63) is 194 Å². The van der Waals surface area contributed by atoms with Gasteiger partial charge >= 0.3 is 23.0 Å². The predicted molar refractivity (Wildman–Crippen MR) is 219 cm³/mol. The van der Waals surface area contributed by atoms with Gasteiger partial charge in [-0.25, -0.2) is 8.83 Å². The molecule has 6 nitrogen and oxygen atoms in total. The van der Waals surface area contributed by atoms with Crippen LogP contribution in [0.15, 0.2) is 203 Å². The Kier molecular flexibility index (Phi) is 13.5. The Morgan fingerprint density at radius 3 is 0.839 bits per heavy atom. The Morgan fingerprint density at radius 2 is 0.589 bits per heavy atom. The normalized spacial score (nSPS) is 10.2. The highest BCUT2D eigenvalue weighted by Gasteiger charge is 2.22. The van der Waals surface area contributed by atoms with Gasteiger partial charge in [-0.2, -0.15) is 0 Å². The van der Waals surface area contributed by atoms with Gasteiger partial charge in [-0.15, -0.1) is 0 Å². The summed E-state index contributed by atoms with van der Waals surface area (Å²) in [6.07, 6.45) is 0. The molecule has 2 heterocycles. The van der Waals surface area contributed by atoms with Crippen LogP contribution in [0.1, 0.15) is 0 Å². The lowest BCUT2D eigenvalue weighted by molar-refractivity contribution is -0.366. The summed E-state index contributed by atoms with van der Waals surface area (Å²) < 4.78 is 32.9. The van der Waals surface area contributed by atoms with Crippen molar-refractivity contribution in [1.29, 1.82) is 0 Å². The predicted octanol–water partition coefficient (Wildman–Crippen LogP) is 10.8. The number of benzene rings is 6. The van der Waals surface area contributed by atoms with Gasteiger partial charge in [0, 0.05) is 11.1 Å². The molecular formula is C48H38BFO6. The van der Waals surface area contributed by atoms with Crippen molar-refractivity contribution >= 4 is 7.40 Å². The molecule has 8 heteroatoms. The third kappa shape index (κ3) is 10.6. The van der Waals surface area contributed by atoms with Crippen molar-refractivity contribution in [1.82, 2.24) is 0 Å². The fourth-order valence-corrected chi connectivity index (χ4v) is 5.88. The highest BCUT2D eigenvalue weighted by Crippen LogP contribution is 2.35. The van der Waals surface area contributed by atoms with Gasteiger partial charge in [-0.05, 0) is 83.9 Å². The molecular weight excluding hydrogens is 702 g/mol. The Bertz CT molecular complexity index is 2110. The quantitative estimate of drug-likeness (QED) is 0.114. The standard InChI is InChI=1S/2C24H19O2.BFO2/c2*1-25-22-14-12-20(13-15-22)24-17-21(18-8-4-2-5-9-18)16-23(26-24)19-10-6-3-7-11-19;2-1(3)4/h2*2-17H,1H3;/q2*+1;-2. The summed E-state index contributed by atoms with van der Waals surface area (Å²) in [5.74, 6) is 5.00. The zero-order valence-electron chi connectivity index (χ0n) is 30.9. The van der Waals surface area contributed by atoms with Crippen LogP contribution >= 0.6 is 0 Å². The maximum absolute atomic E-state index is 9.89. The van der Waals surface area contributed by atoms with E-state index in [-0.39, 0.29) is 0 Å². The van der Waals surface area contributed by atoms with Crippen LogP contribution in [0.3, 0.4) is 0 Å². The Balaban J connectivity index is 0.000000174. The van der Waals surface area contributed by atoms with Gasteiger partial charge in [0.05, 0.1) is 60.7 Å². The van der Waals surface area contributed by atoms with E-state index in [1.165, 1.54) is 0 Å². The third-order valence-electron chi connectivity index (χ3n) is 8.67. The second-order valence-corrected chi connectivity index (χ2v) is 12.3. The van der Waals surface area contributed by atoms with E-state index in [0.717, 1.165) is 79.0 Å². The van der Waals surface area contributed by atoms with Crippen molar-refractivity contribution in [2.24, 2.45) is 0 Å². The lowest BCUT2D eigenvalue weighted by Gasteiger charge is -2.09. The van der Waals surface area contributed by atoms with Crippen molar-refractivity contribution in [2.45, 2.75) is 0 Å². The van der Waals surface area contributed by atoms with Gasteiger partial charge in [0.25, 0.3) is 0 Å². The first-order valence-corrected chi connectivity index (χ1v) is 17.8. The number of halogens is 1. The van der Waals surface area contributed by atoms with Crippen molar-refractivity contribution in [3.8, 4) is 79.0 Å². The molecule has 8 aromatic rings. The Labute approximate surface area is 326 Å². The molecule has 0 spiro atoms. The minimum Gasteiger partial charge on any atom is -0.867 e. The summed E-state index contributed by atoms with van der Waals surface area (Å²) in [7, 11) is 0.172. The minimum absolute atomic E-state index is 0.827. The Hall–Kier alpha value is -6.87. The zero-order valence-corrected chi connectivity index (χ0v) is 30.9. The lowest BCUT2D eigenvalue weighted by Crippen LogP contribution is -2.39. The van der Waals surface area contributed by atoms with E-state index in [1.807, 2.05) is 97.1 Å². The molecule has 0 saturated carbocycles. The number of methoxy groups -OCH3 is 2. The second kappa shape index (κ2) is 19.5. The van der Waals surface area contributed by atoms with Crippen LogP contribution < -0.4 is 19.5 Å². The average Bonchev–Trinajstić information content (AvgIpc) is 3.27. The molecule has 0 N–H and O–H groups in total. The molecule has 0 bridgehead atoms. The number of rotatable bonds is 8. The molecule has 0 aliphatic carbocycles. The fraction of sp³-hybridized carbons (Fsp3) is 0.0417. The van der Waals surface area contributed by atoms with E-state index in [1.54, 1.807) is 14.2 Å². The van der Waals surface area contributed by atoms with E-state index in [4.69, 9.17) is 28.4 Å². The molecule has 0 atom stereocenters. The molecule has 276 valence electrons. The molecule has 6 aromatic carbocycles. The van der Waals surface area contributed by atoms with Gasteiger partial charge in [-0.3, -0.25) is 0 Å². The van der Waals surface area contributed by atoms with Crippen molar-refractivity contribution in [2.75, 3.05) is 14.2 Å². The summed E-state index contributed by atoms with van der Waals surface area (Å²) in [5.41, 5.74) is 8.72. The first-order valence-electron chi connectivity index (χ1n) is 17.8. The van der Waals surface area contributed by atoms with Gasteiger partial charge in [0.15, 0.2) is 0 Å². The van der Waals surface area contributed by atoms with Crippen molar-refractivity contribution < 1.29 is 32.7 Å². The molecule has 8 rings (SSSR count). The monoisotopic (exact) mass is 740 g/mol. The SMILES string of the molecule is COc1ccc(-c2cc(-c3ccccc3)cc(-c3ccccc3)[o+]2)cc1.COc1ccc(-c2cc(-c3ccccc3)cc(-c3ccccc3)[o+]2)cc1.[O-]B([O-])F. The van der Waals surface area contributed by atoms with Gasteiger partial charge in [-0.1, -0.05) is 97.1 Å². The van der Waals surface area contributed by atoms with Crippen molar-refractivity contribution in [3.63, 3.8) is 0 Å². The summed E-state index contributed by atoms with van der Waals surface area (Å²) >= 11 is 0. The summed E-state index contributed by atoms with van der Waals surface area (Å²) in [5, 5.41) is 16.6. The molecule has 2 aromatic heterocycles. The minimum atomic E-state index is -3.17. The molecule has 0 saturated heterocycles. The van der Waals surface area contributed by atoms with E-state index >= 15 is 0 Å². The van der Waals surface area contributed by atoms with E-state index in [9.17, 15) is 4.32 Å². The maximum atomic E-state index is 9.89. The Morgan fingerprint density at radius 1 is 0.357 bits per heavy atom. The first-order chi connectivity index (χ1) is 27.4. The van der Waals surface area contributed by atoms with Gasteiger partial charge < -0.3 is 23.8 Å². The van der Waals surface area contributed by atoms with Crippen LogP contribution in [0.5, 0.6) is 11.5 Å². The van der Waals surface area contributed by atoms with Crippen LogP contribution in [0.25, 0.3) is 67.5 Å². The largest absolute Gasteiger partial charge is 0.867 e. The van der Waals surface area contributed by atoms with Crippen LogP contribution in [0.2, 0.25) is 0 Å². The lowest BCUT2D eigenvalue weighted by atomic mass is 10.0.